The molecule has 0 spiro atoms. The molecule has 12 heavy (non-hydrogen) atoms. The van der Waals surface area contributed by atoms with Crippen LogP contribution >= 0.6 is 0 Å². The van der Waals surface area contributed by atoms with Crippen LogP contribution in [0.5, 0.6) is 0 Å². The molecule has 0 aliphatic carbocycles. The Morgan fingerprint density at radius 2 is 2.08 bits per heavy atom. The number of nitrogens with two attached hydrogens (primary N) is 1. The smallest absolute Gasteiger partial charge is 0.249 e. The third-order valence-electron chi connectivity index (χ3n) is 2.52. The Hall–Kier alpha value is -0.610. The Morgan fingerprint density at radius 3 is 2.50 bits per heavy atom. The second-order valence-electron chi connectivity index (χ2n) is 3.40. The van der Waals surface area contributed by atoms with Crippen molar-refractivity contribution < 1.29 is 14.6 Å². The lowest BCUT2D eigenvalue weighted by Gasteiger charge is -2.32. The first-order valence-corrected chi connectivity index (χ1v) is 4.15. The van der Waals surface area contributed by atoms with Gasteiger partial charge in [0.25, 0.3) is 0 Å². The molecule has 70 valence electrons. The molecule has 0 bridgehead atoms. The van der Waals surface area contributed by atoms with Gasteiger partial charge in [0.2, 0.25) is 5.91 Å². The summed E-state index contributed by atoms with van der Waals surface area (Å²) in [6, 6.07) is 0. The number of amides is 1. The molecular weight excluding hydrogens is 158 g/mol. The van der Waals surface area contributed by atoms with Crippen molar-refractivity contribution in [3.05, 3.63) is 0 Å². The van der Waals surface area contributed by atoms with E-state index in [2.05, 4.69) is 0 Å². The molecule has 1 heterocycles. The molecule has 1 amide bonds. The summed E-state index contributed by atoms with van der Waals surface area (Å²) in [4.78, 5) is 10.9. The predicted octanol–water partition coefficient (Wildman–Crippen LogP) is -0.351. The van der Waals surface area contributed by atoms with Crippen LogP contribution in [0.15, 0.2) is 0 Å². The van der Waals surface area contributed by atoms with Crippen LogP contribution in [0.1, 0.15) is 19.8 Å². The maximum atomic E-state index is 10.9. The summed E-state index contributed by atoms with van der Waals surface area (Å²) in [5, 5.41) is 9.69. The lowest BCUT2D eigenvalue weighted by Crippen LogP contribution is -2.49. The van der Waals surface area contributed by atoms with Crippen LogP contribution in [0, 0.1) is 5.92 Å². The van der Waals surface area contributed by atoms with Gasteiger partial charge < -0.3 is 15.6 Å². The van der Waals surface area contributed by atoms with Crippen LogP contribution in [0.25, 0.3) is 0 Å². The van der Waals surface area contributed by atoms with Gasteiger partial charge in [0.05, 0.1) is 0 Å². The minimum atomic E-state index is -1.37. The van der Waals surface area contributed by atoms with Crippen LogP contribution < -0.4 is 5.73 Å². The van der Waals surface area contributed by atoms with E-state index in [1.165, 1.54) is 6.92 Å². The highest BCUT2D eigenvalue weighted by Gasteiger charge is 2.38. The van der Waals surface area contributed by atoms with E-state index in [4.69, 9.17) is 10.5 Å². The van der Waals surface area contributed by atoms with Crippen molar-refractivity contribution in [3.8, 4) is 0 Å². The van der Waals surface area contributed by atoms with Crippen LogP contribution in [0.2, 0.25) is 0 Å². The van der Waals surface area contributed by atoms with Crippen molar-refractivity contribution in [2.24, 2.45) is 11.7 Å². The fourth-order valence-corrected chi connectivity index (χ4v) is 1.46. The predicted molar refractivity (Wildman–Crippen MR) is 43.4 cm³/mol. The highest BCUT2D eigenvalue weighted by atomic mass is 16.5. The monoisotopic (exact) mass is 173 g/mol. The molecule has 0 aromatic heterocycles. The van der Waals surface area contributed by atoms with Crippen molar-refractivity contribution in [3.63, 3.8) is 0 Å². The molecule has 4 nitrogen and oxygen atoms in total. The SMILES string of the molecule is CC(O)(C(N)=O)C1CCOCC1. The summed E-state index contributed by atoms with van der Waals surface area (Å²) in [6.07, 6.45) is 1.41. The zero-order chi connectivity index (χ0) is 9.19. The highest BCUT2D eigenvalue weighted by molar-refractivity contribution is 5.83. The summed E-state index contributed by atoms with van der Waals surface area (Å²) < 4.78 is 5.11. The Morgan fingerprint density at radius 1 is 1.58 bits per heavy atom. The molecule has 0 saturated carbocycles. The lowest BCUT2D eigenvalue weighted by atomic mass is 9.83. The normalized spacial score (nSPS) is 24.8. The zero-order valence-corrected chi connectivity index (χ0v) is 7.25. The Bertz CT molecular complexity index is 173. The van der Waals surface area contributed by atoms with Gasteiger partial charge in [-0.3, -0.25) is 4.79 Å². The molecule has 0 aromatic rings. The summed E-state index contributed by atoms with van der Waals surface area (Å²) in [6.45, 7) is 2.69. The Balaban J connectivity index is 2.59. The molecular formula is C8H15NO3. The number of carbonyl (C=O) groups is 1. The standard InChI is InChI=1S/C8H15NO3/c1-8(11,7(9)10)6-2-4-12-5-3-6/h6,11H,2-5H2,1H3,(H2,9,10). The first-order chi connectivity index (χ1) is 5.55. The zero-order valence-electron chi connectivity index (χ0n) is 7.25. The van der Waals surface area contributed by atoms with Gasteiger partial charge in [0, 0.05) is 19.1 Å². The van der Waals surface area contributed by atoms with Gasteiger partial charge >= 0.3 is 0 Å². The highest BCUT2D eigenvalue weighted by Crippen LogP contribution is 2.26. The van der Waals surface area contributed by atoms with Crippen LogP contribution in [-0.2, 0) is 9.53 Å². The summed E-state index contributed by atoms with van der Waals surface area (Å²) in [5.41, 5.74) is 3.70. The number of hydrogen-bond acceptors (Lipinski definition) is 3. The minimum Gasteiger partial charge on any atom is -0.381 e. The van der Waals surface area contributed by atoms with E-state index < -0.39 is 11.5 Å². The second kappa shape index (κ2) is 3.41. The Kier molecular flexibility index (Phi) is 2.69. The van der Waals surface area contributed by atoms with E-state index in [0.717, 1.165) is 0 Å². The van der Waals surface area contributed by atoms with E-state index in [9.17, 15) is 9.90 Å². The molecule has 1 saturated heterocycles. The molecule has 1 rings (SSSR count). The molecule has 0 radical (unpaired) electrons. The average Bonchev–Trinajstić information content (AvgIpc) is 2.06. The number of ether oxygens (including phenoxy) is 1. The summed E-state index contributed by atoms with van der Waals surface area (Å²) in [7, 11) is 0. The number of aliphatic hydroxyl groups is 1. The molecule has 4 heteroatoms. The maximum Gasteiger partial charge on any atom is 0.249 e. The lowest BCUT2D eigenvalue weighted by molar-refractivity contribution is -0.143. The quantitative estimate of drug-likeness (QED) is 0.599. The van der Waals surface area contributed by atoms with E-state index in [1.807, 2.05) is 0 Å². The van der Waals surface area contributed by atoms with Gasteiger partial charge in [-0.1, -0.05) is 0 Å². The molecule has 0 aromatic carbocycles. The van der Waals surface area contributed by atoms with E-state index in [-0.39, 0.29) is 5.92 Å². The minimum absolute atomic E-state index is 0.0521. The van der Waals surface area contributed by atoms with Crippen molar-refractivity contribution in [1.82, 2.24) is 0 Å². The van der Waals surface area contributed by atoms with Gasteiger partial charge in [0.1, 0.15) is 5.60 Å². The Labute approximate surface area is 71.7 Å². The van der Waals surface area contributed by atoms with E-state index >= 15 is 0 Å². The summed E-state index contributed by atoms with van der Waals surface area (Å²) in [5.74, 6) is -0.696. The number of rotatable bonds is 2. The average molecular weight is 173 g/mol. The number of hydrogen-bond donors (Lipinski definition) is 2. The van der Waals surface area contributed by atoms with E-state index in [1.54, 1.807) is 0 Å². The molecule has 1 aliphatic rings. The van der Waals surface area contributed by atoms with Gasteiger partial charge in [0.15, 0.2) is 0 Å². The van der Waals surface area contributed by atoms with Crippen LogP contribution in [0.4, 0.5) is 0 Å². The van der Waals surface area contributed by atoms with Gasteiger partial charge in [-0.2, -0.15) is 0 Å². The third-order valence-corrected chi connectivity index (χ3v) is 2.52. The fraction of sp³-hybridized carbons (Fsp3) is 0.875. The topological polar surface area (TPSA) is 72.5 Å². The van der Waals surface area contributed by atoms with Crippen LogP contribution in [-0.4, -0.2) is 29.8 Å². The number of carbonyl (C=O) groups excluding carboxylic acids is 1. The third kappa shape index (κ3) is 1.76. The first-order valence-electron chi connectivity index (χ1n) is 4.15. The van der Waals surface area contributed by atoms with Crippen molar-refractivity contribution in [2.45, 2.75) is 25.4 Å². The van der Waals surface area contributed by atoms with Crippen molar-refractivity contribution >= 4 is 5.91 Å². The van der Waals surface area contributed by atoms with Gasteiger partial charge in [-0.25, -0.2) is 0 Å². The molecule has 1 atom stereocenters. The van der Waals surface area contributed by atoms with Crippen molar-refractivity contribution in [2.75, 3.05) is 13.2 Å². The molecule has 3 N–H and O–H groups in total. The van der Waals surface area contributed by atoms with Gasteiger partial charge in [-0.15, -0.1) is 0 Å². The van der Waals surface area contributed by atoms with Crippen molar-refractivity contribution in [1.29, 1.82) is 0 Å². The molecule has 1 unspecified atom stereocenters. The second-order valence-corrected chi connectivity index (χ2v) is 3.40. The molecule has 1 fully saturated rings. The fourth-order valence-electron chi connectivity index (χ4n) is 1.46. The largest absolute Gasteiger partial charge is 0.381 e. The van der Waals surface area contributed by atoms with Gasteiger partial charge in [-0.05, 0) is 19.8 Å². The maximum absolute atomic E-state index is 10.9. The van der Waals surface area contributed by atoms with Crippen LogP contribution in [0.3, 0.4) is 0 Å². The number of primary amides is 1. The van der Waals surface area contributed by atoms with E-state index in [0.29, 0.717) is 26.1 Å². The molecule has 1 aliphatic heterocycles. The summed E-state index contributed by atoms with van der Waals surface area (Å²) >= 11 is 0. The first kappa shape index (κ1) is 9.48.